The lowest BCUT2D eigenvalue weighted by molar-refractivity contribution is -0.145. The molecule has 1 aromatic carbocycles. The van der Waals surface area contributed by atoms with Crippen molar-refractivity contribution in [2.24, 2.45) is 10.9 Å². The van der Waals surface area contributed by atoms with Gasteiger partial charge in [0.25, 0.3) is 0 Å². The van der Waals surface area contributed by atoms with E-state index in [0.717, 1.165) is 7.11 Å². The molecule has 0 saturated carbocycles. The summed E-state index contributed by atoms with van der Waals surface area (Å²) in [5, 5.41) is 0. The molecule has 0 saturated heterocycles. The normalized spacial score (nSPS) is 18.7. The lowest BCUT2D eigenvalue weighted by Gasteiger charge is -2.29. The first kappa shape index (κ1) is 27.0. The van der Waals surface area contributed by atoms with Crippen LogP contribution in [0, 0.1) is 5.92 Å². The van der Waals surface area contributed by atoms with Crippen molar-refractivity contribution < 1.29 is 49.8 Å². The average molecular weight is 517 g/mol. The summed E-state index contributed by atoms with van der Waals surface area (Å²) in [5.74, 6) is -4.26. The van der Waals surface area contributed by atoms with E-state index in [1.54, 1.807) is 6.92 Å². The third-order valence-electron chi connectivity index (χ3n) is 5.58. The fourth-order valence-corrected chi connectivity index (χ4v) is 4.02. The number of esters is 2. The number of allylic oxidation sites excluding steroid dienone is 1. The van der Waals surface area contributed by atoms with Crippen molar-refractivity contribution in [2.45, 2.75) is 39.0 Å². The van der Waals surface area contributed by atoms with E-state index in [-0.39, 0.29) is 41.2 Å². The van der Waals surface area contributed by atoms with Gasteiger partial charge < -0.3 is 13.9 Å². The molecule has 12 heteroatoms. The topological polar surface area (TPSA) is 78.1 Å². The maximum atomic E-state index is 13.3. The van der Waals surface area contributed by atoms with Gasteiger partial charge >= 0.3 is 24.3 Å². The predicted octanol–water partition coefficient (Wildman–Crippen LogP) is 6.17. The van der Waals surface area contributed by atoms with Crippen molar-refractivity contribution in [1.82, 2.24) is 0 Å². The monoisotopic (exact) mass is 517 g/mol. The fourth-order valence-electron chi connectivity index (χ4n) is 4.02. The second-order valence-electron chi connectivity index (χ2n) is 7.95. The lowest BCUT2D eigenvalue weighted by Crippen LogP contribution is -2.36. The summed E-state index contributed by atoms with van der Waals surface area (Å²) in [5.41, 5.74) is -3.07. The van der Waals surface area contributed by atoms with Crippen molar-refractivity contribution in [3.8, 4) is 11.3 Å². The zero-order valence-electron chi connectivity index (χ0n) is 19.5. The molecular weight excluding hydrogens is 496 g/mol. The smallest absolute Gasteiger partial charge is 0.416 e. The maximum absolute atomic E-state index is 13.3. The van der Waals surface area contributed by atoms with Crippen molar-refractivity contribution in [3.63, 3.8) is 0 Å². The number of rotatable bonds is 5. The van der Waals surface area contributed by atoms with Crippen LogP contribution in [0.2, 0.25) is 0 Å². The van der Waals surface area contributed by atoms with Gasteiger partial charge in [-0.3, -0.25) is 9.79 Å². The summed E-state index contributed by atoms with van der Waals surface area (Å²) in [6.07, 6.45) is -10.1. The quantitative estimate of drug-likeness (QED) is 0.350. The van der Waals surface area contributed by atoms with Crippen LogP contribution in [-0.4, -0.2) is 31.4 Å². The van der Waals surface area contributed by atoms with Crippen LogP contribution in [0.4, 0.5) is 26.3 Å². The fraction of sp³-hybridized carbons (Fsp3) is 0.375. The van der Waals surface area contributed by atoms with E-state index in [9.17, 15) is 35.9 Å². The lowest BCUT2D eigenvalue weighted by atomic mass is 9.78. The minimum Gasteiger partial charge on any atom is -0.468 e. The standard InChI is InChI=1S/C24H21F6NO5/c1-5-35-22(33)19-12(3)31-11(2)18(21(32)34-4)20(19)17-7-6-16(36-17)13-8-14(23(25,26)27)10-15(9-13)24(28,29)30/h6-10,18,20H,5H2,1-4H3. The number of halogens is 6. The molecule has 1 aromatic heterocycles. The number of ether oxygens (including phenoxy) is 2. The highest BCUT2D eigenvalue weighted by Gasteiger charge is 2.44. The molecule has 36 heavy (non-hydrogen) atoms. The van der Waals surface area contributed by atoms with Gasteiger partial charge in [-0.1, -0.05) is 0 Å². The molecule has 0 N–H and O–H groups in total. The number of carbonyl (C=O) groups excluding carboxylic acids is 2. The molecule has 2 heterocycles. The van der Waals surface area contributed by atoms with Crippen molar-refractivity contribution >= 4 is 17.7 Å². The first-order valence-corrected chi connectivity index (χ1v) is 10.6. The Balaban J connectivity index is 2.19. The van der Waals surface area contributed by atoms with Crippen LogP contribution >= 0.6 is 0 Å². The van der Waals surface area contributed by atoms with Gasteiger partial charge in [0.15, 0.2) is 0 Å². The van der Waals surface area contributed by atoms with Crippen LogP contribution in [0.25, 0.3) is 11.3 Å². The Morgan fingerprint density at radius 3 is 2.08 bits per heavy atom. The van der Waals surface area contributed by atoms with E-state index >= 15 is 0 Å². The summed E-state index contributed by atoms with van der Waals surface area (Å²) >= 11 is 0. The van der Waals surface area contributed by atoms with Crippen molar-refractivity contribution in [2.75, 3.05) is 13.7 Å². The molecule has 0 amide bonds. The number of aliphatic imine (C=N–C) groups is 1. The summed E-state index contributed by atoms with van der Waals surface area (Å²) in [7, 11) is 1.12. The Morgan fingerprint density at radius 2 is 1.58 bits per heavy atom. The van der Waals surface area contributed by atoms with Crippen LogP contribution in [0.3, 0.4) is 0 Å². The van der Waals surface area contributed by atoms with Gasteiger partial charge in [-0.25, -0.2) is 4.79 Å². The molecule has 0 spiro atoms. The summed E-state index contributed by atoms with van der Waals surface area (Å²) < 4.78 is 95.5. The molecular formula is C24H21F6NO5. The average Bonchev–Trinajstić information content (AvgIpc) is 3.26. The Labute approximate surface area is 201 Å². The minimum absolute atomic E-state index is 0.00176. The number of carbonyl (C=O) groups is 2. The van der Waals surface area contributed by atoms with Crippen LogP contribution in [-0.2, 0) is 31.4 Å². The molecule has 0 aliphatic carbocycles. The van der Waals surface area contributed by atoms with Crippen molar-refractivity contribution in [1.29, 1.82) is 0 Å². The number of hydrogen-bond donors (Lipinski definition) is 0. The molecule has 6 nitrogen and oxygen atoms in total. The van der Waals surface area contributed by atoms with Crippen LogP contribution in [0.1, 0.15) is 43.6 Å². The van der Waals surface area contributed by atoms with E-state index in [0.29, 0.717) is 12.1 Å². The zero-order chi connectivity index (χ0) is 27.0. The molecule has 0 fully saturated rings. The molecule has 3 rings (SSSR count). The molecule has 2 aromatic rings. The number of alkyl halides is 6. The van der Waals surface area contributed by atoms with Gasteiger partial charge in [0, 0.05) is 17.0 Å². The molecule has 1 aliphatic heterocycles. The molecule has 2 atom stereocenters. The first-order valence-electron chi connectivity index (χ1n) is 10.6. The summed E-state index contributed by atoms with van der Waals surface area (Å²) in [6.45, 7) is 4.59. The second-order valence-corrected chi connectivity index (χ2v) is 7.95. The maximum Gasteiger partial charge on any atom is 0.416 e. The van der Waals surface area contributed by atoms with E-state index in [1.165, 1.54) is 26.0 Å². The summed E-state index contributed by atoms with van der Waals surface area (Å²) in [6, 6.07) is 3.49. The Bertz CT molecular complexity index is 1210. The van der Waals surface area contributed by atoms with E-state index in [1.807, 2.05) is 0 Å². The third kappa shape index (κ3) is 5.31. The molecule has 0 bridgehead atoms. The van der Waals surface area contributed by atoms with Gasteiger partial charge in [0.05, 0.1) is 36.3 Å². The Kier molecular flexibility index (Phi) is 7.37. The van der Waals surface area contributed by atoms with Gasteiger partial charge in [-0.05, 0) is 51.1 Å². The number of benzene rings is 1. The first-order chi connectivity index (χ1) is 16.7. The van der Waals surface area contributed by atoms with Crippen LogP contribution < -0.4 is 0 Å². The van der Waals surface area contributed by atoms with Gasteiger partial charge in [-0.2, -0.15) is 26.3 Å². The van der Waals surface area contributed by atoms with Crippen LogP contribution in [0.5, 0.6) is 0 Å². The number of furan rings is 1. The zero-order valence-corrected chi connectivity index (χ0v) is 19.5. The minimum atomic E-state index is -5.05. The highest BCUT2D eigenvalue weighted by molar-refractivity contribution is 6.06. The number of nitrogens with zero attached hydrogens (tertiary/aromatic N) is 1. The highest BCUT2D eigenvalue weighted by Crippen LogP contribution is 2.43. The molecule has 0 radical (unpaired) electrons. The molecule has 194 valence electrons. The Hall–Kier alpha value is -3.57. The van der Waals surface area contributed by atoms with E-state index in [4.69, 9.17) is 13.9 Å². The highest BCUT2D eigenvalue weighted by atomic mass is 19.4. The Morgan fingerprint density at radius 1 is 1.00 bits per heavy atom. The second kappa shape index (κ2) is 9.82. The van der Waals surface area contributed by atoms with E-state index < -0.39 is 52.8 Å². The molecule has 1 aliphatic rings. The van der Waals surface area contributed by atoms with E-state index in [2.05, 4.69) is 4.99 Å². The third-order valence-corrected chi connectivity index (χ3v) is 5.58. The number of methoxy groups -OCH3 is 1. The number of hydrogen-bond acceptors (Lipinski definition) is 6. The van der Waals surface area contributed by atoms with Gasteiger partial charge in [-0.15, -0.1) is 0 Å². The van der Waals surface area contributed by atoms with Crippen molar-refractivity contribution in [3.05, 3.63) is 58.5 Å². The largest absolute Gasteiger partial charge is 0.468 e. The summed E-state index contributed by atoms with van der Waals surface area (Å²) in [4.78, 5) is 29.6. The van der Waals surface area contributed by atoms with Gasteiger partial charge in [0.1, 0.15) is 17.4 Å². The van der Waals surface area contributed by atoms with Gasteiger partial charge in [0.2, 0.25) is 0 Å². The predicted molar refractivity (Wildman–Crippen MR) is 115 cm³/mol. The SMILES string of the molecule is CCOC(=O)C1=C(C)N=C(C)C(C(=O)OC)C1c1ccc(-c2cc(C(F)(F)F)cc(C(F)(F)F)c2)o1. The van der Waals surface area contributed by atoms with Crippen LogP contribution in [0.15, 0.2) is 51.0 Å². The molecule has 2 unspecified atom stereocenters.